The zero-order valence-electron chi connectivity index (χ0n) is 11.4. The minimum absolute atomic E-state index is 0.239. The molecule has 0 aliphatic heterocycles. The molecule has 2 atom stereocenters. The Hall–Kier alpha value is -1.44. The first-order chi connectivity index (χ1) is 9.99. The van der Waals surface area contributed by atoms with Crippen LogP contribution in [0, 0.1) is 0 Å². The standard InChI is InChI=1S/C13H15F3N4S/c1-21-10-4-2-3-8(10)18-12-9-7-11(13(14,15)16)19-20(9)6-5-17-12/h5-8,10H,2-4H2,1H3,(H,17,18). The van der Waals surface area contributed by atoms with Crippen LogP contribution in [-0.4, -0.2) is 32.1 Å². The summed E-state index contributed by atoms with van der Waals surface area (Å²) in [7, 11) is 0. The van der Waals surface area contributed by atoms with Gasteiger partial charge in [0, 0.05) is 29.8 Å². The number of hydrogen-bond donors (Lipinski definition) is 1. The molecule has 1 aliphatic rings. The van der Waals surface area contributed by atoms with E-state index in [0.29, 0.717) is 16.6 Å². The van der Waals surface area contributed by atoms with Gasteiger partial charge in [-0.1, -0.05) is 6.42 Å². The number of aromatic nitrogens is 3. The van der Waals surface area contributed by atoms with Gasteiger partial charge in [0.1, 0.15) is 5.52 Å². The van der Waals surface area contributed by atoms with Crippen molar-refractivity contribution in [2.45, 2.75) is 36.7 Å². The third kappa shape index (κ3) is 2.81. The van der Waals surface area contributed by atoms with Crippen LogP contribution in [0.15, 0.2) is 18.5 Å². The number of nitrogens with one attached hydrogen (secondary N) is 1. The van der Waals surface area contributed by atoms with E-state index in [1.54, 1.807) is 11.8 Å². The Labute approximate surface area is 124 Å². The second kappa shape index (κ2) is 5.40. The summed E-state index contributed by atoms with van der Waals surface area (Å²) >= 11 is 1.78. The Morgan fingerprint density at radius 3 is 2.90 bits per heavy atom. The Morgan fingerprint density at radius 1 is 1.38 bits per heavy atom. The lowest BCUT2D eigenvalue weighted by Crippen LogP contribution is -2.26. The largest absolute Gasteiger partial charge is 0.435 e. The monoisotopic (exact) mass is 316 g/mol. The van der Waals surface area contributed by atoms with Crippen LogP contribution in [0.3, 0.4) is 0 Å². The Morgan fingerprint density at radius 2 is 2.19 bits per heavy atom. The highest BCUT2D eigenvalue weighted by Gasteiger charge is 2.35. The number of nitrogens with zero attached hydrogens (tertiary/aromatic N) is 3. The lowest BCUT2D eigenvalue weighted by molar-refractivity contribution is -0.141. The smallest absolute Gasteiger partial charge is 0.364 e. The van der Waals surface area contributed by atoms with E-state index in [9.17, 15) is 13.2 Å². The van der Waals surface area contributed by atoms with Crippen LogP contribution in [0.2, 0.25) is 0 Å². The van der Waals surface area contributed by atoms with E-state index >= 15 is 0 Å². The van der Waals surface area contributed by atoms with E-state index in [1.165, 1.54) is 16.9 Å². The van der Waals surface area contributed by atoms with Gasteiger partial charge in [0.2, 0.25) is 0 Å². The molecule has 114 valence electrons. The fraction of sp³-hybridized carbons (Fsp3) is 0.538. The third-order valence-electron chi connectivity index (χ3n) is 3.76. The first-order valence-corrected chi connectivity index (χ1v) is 7.99. The molecule has 2 aromatic heterocycles. The predicted octanol–water partition coefficient (Wildman–Crippen LogP) is 3.44. The van der Waals surface area contributed by atoms with Crippen LogP contribution in [0.4, 0.5) is 19.0 Å². The maximum absolute atomic E-state index is 12.8. The topological polar surface area (TPSA) is 42.2 Å². The van der Waals surface area contributed by atoms with Crippen molar-refractivity contribution < 1.29 is 13.2 Å². The summed E-state index contributed by atoms with van der Waals surface area (Å²) in [6, 6.07) is 1.28. The van der Waals surface area contributed by atoms with E-state index in [1.807, 2.05) is 0 Å². The number of fused-ring (bicyclic) bond motifs is 1. The minimum Gasteiger partial charge on any atom is -0.364 e. The van der Waals surface area contributed by atoms with E-state index in [4.69, 9.17) is 0 Å². The average Bonchev–Trinajstić information content (AvgIpc) is 3.04. The number of halogens is 3. The molecule has 0 saturated heterocycles. The SMILES string of the molecule is CSC1CCCC1Nc1nccn2nc(C(F)(F)F)cc12. The van der Waals surface area contributed by atoms with Gasteiger partial charge in [-0.2, -0.15) is 30.0 Å². The number of rotatable bonds is 3. The summed E-state index contributed by atoms with van der Waals surface area (Å²) < 4.78 is 39.5. The van der Waals surface area contributed by atoms with E-state index in [2.05, 4.69) is 21.7 Å². The fourth-order valence-electron chi connectivity index (χ4n) is 2.72. The number of anilines is 1. The molecule has 0 amide bonds. The fourth-order valence-corrected chi connectivity index (χ4v) is 3.66. The average molecular weight is 316 g/mol. The maximum Gasteiger partial charge on any atom is 0.435 e. The zero-order valence-corrected chi connectivity index (χ0v) is 12.2. The van der Waals surface area contributed by atoms with Gasteiger partial charge < -0.3 is 5.32 Å². The summed E-state index contributed by atoms with van der Waals surface area (Å²) in [5, 5.41) is 7.32. The lowest BCUT2D eigenvalue weighted by Gasteiger charge is -2.19. The van der Waals surface area contributed by atoms with Crippen molar-refractivity contribution in [3.05, 3.63) is 24.2 Å². The molecule has 1 saturated carbocycles. The van der Waals surface area contributed by atoms with Gasteiger partial charge in [0.15, 0.2) is 11.5 Å². The summed E-state index contributed by atoms with van der Waals surface area (Å²) in [4.78, 5) is 4.19. The Bertz CT molecular complexity index is 640. The first kappa shape index (κ1) is 14.5. The van der Waals surface area contributed by atoms with E-state index in [0.717, 1.165) is 25.3 Å². The zero-order chi connectivity index (χ0) is 15.0. The van der Waals surface area contributed by atoms with Crippen molar-refractivity contribution in [1.82, 2.24) is 14.6 Å². The molecule has 4 nitrogen and oxygen atoms in total. The molecule has 0 bridgehead atoms. The number of alkyl halides is 3. The molecule has 3 rings (SSSR count). The van der Waals surface area contributed by atoms with Crippen molar-refractivity contribution in [2.75, 3.05) is 11.6 Å². The highest BCUT2D eigenvalue weighted by atomic mass is 32.2. The highest BCUT2D eigenvalue weighted by Crippen LogP contribution is 2.33. The molecule has 8 heteroatoms. The van der Waals surface area contributed by atoms with Gasteiger partial charge in [0.25, 0.3) is 0 Å². The van der Waals surface area contributed by atoms with Crippen LogP contribution in [0.1, 0.15) is 25.0 Å². The molecule has 2 unspecified atom stereocenters. The summed E-state index contributed by atoms with van der Waals surface area (Å²) in [5.74, 6) is 0.464. The van der Waals surface area contributed by atoms with Gasteiger partial charge in [0.05, 0.1) is 0 Å². The van der Waals surface area contributed by atoms with Gasteiger partial charge in [-0.05, 0) is 19.1 Å². The molecule has 1 aliphatic carbocycles. The molecule has 0 radical (unpaired) electrons. The molecule has 2 aromatic rings. The quantitative estimate of drug-likeness (QED) is 0.942. The second-order valence-corrected chi connectivity index (χ2v) is 6.17. The summed E-state index contributed by atoms with van der Waals surface area (Å²) in [6.45, 7) is 0. The maximum atomic E-state index is 12.8. The normalized spacial score (nSPS) is 22.9. The first-order valence-electron chi connectivity index (χ1n) is 6.70. The second-order valence-electron chi connectivity index (χ2n) is 5.09. The molecule has 21 heavy (non-hydrogen) atoms. The number of hydrogen-bond acceptors (Lipinski definition) is 4. The van der Waals surface area contributed by atoms with Crippen molar-refractivity contribution in [1.29, 1.82) is 0 Å². The predicted molar refractivity (Wildman–Crippen MR) is 76.6 cm³/mol. The summed E-state index contributed by atoms with van der Waals surface area (Å²) in [5.41, 5.74) is -0.539. The molecule has 1 N–H and O–H groups in total. The van der Waals surface area contributed by atoms with Crippen molar-refractivity contribution in [2.24, 2.45) is 0 Å². The molecule has 0 aromatic carbocycles. The minimum atomic E-state index is -4.45. The molecule has 0 spiro atoms. The van der Waals surface area contributed by atoms with Crippen molar-refractivity contribution in [3.63, 3.8) is 0 Å². The molecular formula is C13H15F3N4S. The lowest BCUT2D eigenvalue weighted by atomic mass is 10.2. The Balaban J connectivity index is 1.93. The summed E-state index contributed by atoms with van der Waals surface area (Å²) in [6.07, 6.45) is 3.75. The molecule has 2 heterocycles. The van der Waals surface area contributed by atoms with E-state index < -0.39 is 11.9 Å². The van der Waals surface area contributed by atoms with Crippen molar-refractivity contribution in [3.8, 4) is 0 Å². The van der Waals surface area contributed by atoms with Crippen LogP contribution in [0.25, 0.3) is 5.52 Å². The molecule has 1 fully saturated rings. The van der Waals surface area contributed by atoms with E-state index in [-0.39, 0.29) is 6.04 Å². The molecular weight excluding hydrogens is 301 g/mol. The Kier molecular flexibility index (Phi) is 3.73. The van der Waals surface area contributed by atoms with Crippen molar-refractivity contribution >= 4 is 23.1 Å². The van der Waals surface area contributed by atoms with Crippen LogP contribution >= 0.6 is 11.8 Å². The highest BCUT2D eigenvalue weighted by molar-refractivity contribution is 7.99. The van der Waals surface area contributed by atoms with Crippen LogP contribution in [0.5, 0.6) is 0 Å². The third-order valence-corrected chi connectivity index (χ3v) is 4.93. The van der Waals surface area contributed by atoms with Gasteiger partial charge in [-0.3, -0.25) is 0 Å². The van der Waals surface area contributed by atoms with Gasteiger partial charge in [-0.25, -0.2) is 9.50 Å². The van der Waals surface area contributed by atoms with Crippen LogP contribution < -0.4 is 5.32 Å². The number of thioether (sulfide) groups is 1. The van der Waals surface area contributed by atoms with Gasteiger partial charge >= 0.3 is 6.18 Å². The van der Waals surface area contributed by atoms with Crippen LogP contribution in [-0.2, 0) is 6.18 Å². The van der Waals surface area contributed by atoms with Gasteiger partial charge in [-0.15, -0.1) is 0 Å².